The summed E-state index contributed by atoms with van der Waals surface area (Å²) in [6.07, 6.45) is 0.695. The minimum absolute atomic E-state index is 0.0882. The van der Waals surface area contributed by atoms with E-state index in [0.717, 1.165) is 4.31 Å². The van der Waals surface area contributed by atoms with Crippen LogP contribution in [0.4, 0.5) is 0 Å². The van der Waals surface area contributed by atoms with Crippen LogP contribution >= 0.6 is 0 Å². The highest BCUT2D eigenvalue weighted by Gasteiger charge is 2.27. The van der Waals surface area contributed by atoms with Crippen molar-refractivity contribution in [1.29, 1.82) is 0 Å². The molecule has 0 fully saturated rings. The zero-order valence-corrected chi connectivity index (χ0v) is 15.4. The Bertz CT molecular complexity index is 683. The van der Waals surface area contributed by atoms with Crippen LogP contribution in [0.2, 0.25) is 0 Å². The van der Waals surface area contributed by atoms with Gasteiger partial charge < -0.3 is 10.1 Å². The minimum atomic E-state index is -3.55. The lowest BCUT2D eigenvalue weighted by atomic mass is 9.99. The maximum atomic E-state index is 12.3. The lowest BCUT2D eigenvalue weighted by molar-refractivity contribution is -0.144. The second-order valence-electron chi connectivity index (χ2n) is 5.67. The smallest absolute Gasteiger partial charge is 0.328 e. The highest BCUT2D eigenvalue weighted by atomic mass is 32.2. The largest absolute Gasteiger partial charge is 0.467 e. The summed E-state index contributed by atoms with van der Waals surface area (Å²) in [5, 5.41) is 2.64. The van der Waals surface area contributed by atoms with E-state index in [2.05, 4.69) is 5.32 Å². The molecule has 0 aliphatic carbocycles. The molecule has 1 amide bonds. The van der Waals surface area contributed by atoms with Crippen molar-refractivity contribution in [2.75, 3.05) is 21.2 Å². The van der Waals surface area contributed by atoms with Crippen LogP contribution in [0.15, 0.2) is 29.2 Å². The van der Waals surface area contributed by atoms with E-state index in [1.54, 1.807) is 0 Å². The summed E-state index contributed by atoms with van der Waals surface area (Å²) in [6, 6.07) is 4.80. The molecular formula is C16H24N2O5S. The molecule has 0 aliphatic rings. The average Bonchev–Trinajstić information content (AvgIpc) is 2.57. The van der Waals surface area contributed by atoms with Crippen molar-refractivity contribution < 1.29 is 22.7 Å². The number of esters is 1. The van der Waals surface area contributed by atoms with Gasteiger partial charge in [-0.25, -0.2) is 17.5 Å². The summed E-state index contributed by atoms with van der Waals surface area (Å²) < 4.78 is 29.8. The Morgan fingerprint density at radius 2 is 1.75 bits per heavy atom. The van der Waals surface area contributed by atoms with E-state index < -0.39 is 27.9 Å². The zero-order valence-electron chi connectivity index (χ0n) is 14.6. The van der Waals surface area contributed by atoms with Crippen LogP contribution in [0.3, 0.4) is 0 Å². The van der Waals surface area contributed by atoms with Crippen LogP contribution in [-0.2, 0) is 19.6 Å². The molecule has 0 bridgehead atoms. The summed E-state index contributed by atoms with van der Waals surface area (Å²) >= 11 is 0. The van der Waals surface area contributed by atoms with Gasteiger partial charge in [-0.05, 0) is 30.2 Å². The molecule has 7 nitrogen and oxygen atoms in total. The Morgan fingerprint density at radius 1 is 1.21 bits per heavy atom. The SMILES string of the molecule is CC[C@@H](C)[C@@H](NC(=O)c1ccc(S(=O)(=O)N(C)C)cc1)C(=O)OC. The topological polar surface area (TPSA) is 92.8 Å². The number of hydrogen-bond acceptors (Lipinski definition) is 5. The summed E-state index contributed by atoms with van der Waals surface area (Å²) in [5.41, 5.74) is 0.268. The van der Waals surface area contributed by atoms with Gasteiger partial charge in [0.15, 0.2) is 0 Å². The number of nitrogens with zero attached hydrogens (tertiary/aromatic N) is 1. The quantitative estimate of drug-likeness (QED) is 0.742. The lowest BCUT2D eigenvalue weighted by Gasteiger charge is -2.21. The third-order valence-corrected chi connectivity index (χ3v) is 5.68. The predicted octanol–water partition coefficient (Wildman–Crippen LogP) is 1.25. The number of carbonyl (C=O) groups is 2. The molecule has 8 heteroatoms. The number of methoxy groups -OCH3 is 1. The molecule has 0 radical (unpaired) electrons. The third kappa shape index (κ3) is 4.55. The molecule has 0 aliphatic heterocycles. The van der Waals surface area contributed by atoms with E-state index in [1.807, 2.05) is 13.8 Å². The van der Waals surface area contributed by atoms with Crippen LogP contribution in [0.5, 0.6) is 0 Å². The Hall–Kier alpha value is -1.93. The normalized spacial score (nSPS) is 14.1. The third-order valence-electron chi connectivity index (χ3n) is 3.85. The highest BCUT2D eigenvalue weighted by Crippen LogP contribution is 2.15. The first kappa shape index (κ1) is 20.1. The summed E-state index contributed by atoms with van der Waals surface area (Å²) in [7, 11) is 0.586. The van der Waals surface area contributed by atoms with Crippen molar-refractivity contribution >= 4 is 21.9 Å². The first-order chi connectivity index (χ1) is 11.1. The fraction of sp³-hybridized carbons (Fsp3) is 0.500. The Labute approximate surface area is 143 Å². The van der Waals surface area contributed by atoms with E-state index in [1.165, 1.54) is 45.5 Å². The van der Waals surface area contributed by atoms with Crippen LogP contribution in [0.1, 0.15) is 30.6 Å². The lowest BCUT2D eigenvalue weighted by Crippen LogP contribution is -2.45. The zero-order chi connectivity index (χ0) is 18.5. The molecule has 24 heavy (non-hydrogen) atoms. The molecule has 0 aromatic heterocycles. The van der Waals surface area contributed by atoms with E-state index in [-0.39, 0.29) is 16.4 Å². The highest BCUT2D eigenvalue weighted by molar-refractivity contribution is 7.89. The van der Waals surface area contributed by atoms with Crippen molar-refractivity contribution in [3.05, 3.63) is 29.8 Å². The number of sulfonamides is 1. The number of nitrogens with one attached hydrogen (secondary N) is 1. The number of carbonyl (C=O) groups excluding carboxylic acids is 2. The molecule has 0 saturated carbocycles. The Balaban J connectivity index is 2.98. The van der Waals surface area contributed by atoms with Crippen molar-refractivity contribution in [3.8, 4) is 0 Å². The number of rotatable bonds is 7. The monoisotopic (exact) mass is 356 g/mol. The second-order valence-corrected chi connectivity index (χ2v) is 7.82. The van der Waals surface area contributed by atoms with Gasteiger partial charge in [0, 0.05) is 19.7 Å². The van der Waals surface area contributed by atoms with E-state index in [9.17, 15) is 18.0 Å². The van der Waals surface area contributed by atoms with Gasteiger partial charge in [0.1, 0.15) is 6.04 Å². The maximum absolute atomic E-state index is 12.3. The van der Waals surface area contributed by atoms with Crippen LogP contribution in [0, 0.1) is 5.92 Å². The van der Waals surface area contributed by atoms with Gasteiger partial charge in [0.2, 0.25) is 10.0 Å². The first-order valence-electron chi connectivity index (χ1n) is 7.56. The van der Waals surface area contributed by atoms with Gasteiger partial charge in [-0.3, -0.25) is 4.79 Å². The molecular weight excluding hydrogens is 332 g/mol. The molecule has 1 N–H and O–H groups in total. The van der Waals surface area contributed by atoms with E-state index in [4.69, 9.17) is 4.74 Å². The summed E-state index contributed by atoms with van der Waals surface area (Å²) in [5.74, 6) is -1.06. The average molecular weight is 356 g/mol. The molecule has 0 heterocycles. The van der Waals surface area contributed by atoms with Crippen LogP contribution in [-0.4, -0.2) is 51.8 Å². The van der Waals surface area contributed by atoms with Crippen molar-refractivity contribution in [2.24, 2.45) is 5.92 Å². The summed E-state index contributed by atoms with van der Waals surface area (Å²) in [6.45, 7) is 3.75. The van der Waals surface area contributed by atoms with E-state index in [0.29, 0.717) is 6.42 Å². The second kappa shape index (κ2) is 8.25. The van der Waals surface area contributed by atoms with E-state index >= 15 is 0 Å². The fourth-order valence-corrected chi connectivity index (χ4v) is 2.91. The van der Waals surface area contributed by atoms with Gasteiger partial charge in [-0.1, -0.05) is 20.3 Å². The molecule has 0 spiro atoms. The fourth-order valence-electron chi connectivity index (χ4n) is 2.01. The molecule has 1 rings (SSSR count). The maximum Gasteiger partial charge on any atom is 0.328 e. The number of benzene rings is 1. The number of hydrogen-bond donors (Lipinski definition) is 1. The molecule has 0 saturated heterocycles. The summed E-state index contributed by atoms with van der Waals surface area (Å²) in [4.78, 5) is 24.2. The molecule has 0 unspecified atom stereocenters. The van der Waals surface area contributed by atoms with Gasteiger partial charge in [0.05, 0.1) is 12.0 Å². The standard InChI is InChI=1S/C16H24N2O5S/c1-6-11(2)14(16(20)23-5)17-15(19)12-7-9-13(10-8-12)24(21,22)18(3)4/h7-11,14H,6H2,1-5H3,(H,17,19)/t11-,14-/m1/s1. The first-order valence-corrected chi connectivity index (χ1v) is 9.00. The molecule has 134 valence electrons. The van der Waals surface area contributed by atoms with Gasteiger partial charge in [-0.15, -0.1) is 0 Å². The van der Waals surface area contributed by atoms with Gasteiger partial charge in [-0.2, -0.15) is 0 Å². The Kier molecular flexibility index (Phi) is 6.92. The number of amides is 1. The van der Waals surface area contributed by atoms with Crippen molar-refractivity contribution in [2.45, 2.75) is 31.2 Å². The van der Waals surface area contributed by atoms with Crippen LogP contribution in [0.25, 0.3) is 0 Å². The van der Waals surface area contributed by atoms with Crippen LogP contribution < -0.4 is 5.32 Å². The Morgan fingerprint density at radius 3 is 2.17 bits per heavy atom. The predicted molar refractivity (Wildman–Crippen MR) is 90.0 cm³/mol. The van der Waals surface area contributed by atoms with Crippen molar-refractivity contribution in [3.63, 3.8) is 0 Å². The van der Waals surface area contributed by atoms with Gasteiger partial charge in [0.25, 0.3) is 5.91 Å². The number of ether oxygens (including phenoxy) is 1. The minimum Gasteiger partial charge on any atom is -0.467 e. The molecule has 2 atom stereocenters. The molecule has 1 aromatic rings. The molecule has 1 aromatic carbocycles. The van der Waals surface area contributed by atoms with Gasteiger partial charge >= 0.3 is 5.97 Å². The van der Waals surface area contributed by atoms with Crippen molar-refractivity contribution in [1.82, 2.24) is 9.62 Å².